The molecule has 152 valence electrons. The molecule has 3 aromatic carbocycles. The molecule has 3 rings (SSSR count). The van der Waals surface area contributed by atoms with Crippen LogP contribution in [-0.4, -0.2) is 15.2 Å². The smallest absolute Gasteiger partial charge is 0.0694 e. The molecule has 2 heteroatoms. The Hall–Kier alpha value is -1.91. The fourth-order valence-electron chi connectivity index (χ4n) is 5.68. The summed E-state index contributed by atoms with van der Waals surface area (Å²) in [6.07, 6.45) is 0. The topological polar surface area (TPSA) is 0 Å². The summed E-state index contributed by atoms with van der Waals surface area (Å²) in [5.41, 5.74) is 0. The van der Waals surface area contributed by atoms with Gasteiger partial charge in [-0.15, -0.1) is 0 Å². The van der Waals surface area contributed by atoms with Crippen molar-refractivity contribution in [3.63, 3.8) is 0 Å². The standard InChI is InChI=1S/C27H36Si2/c1-26(2,3)28(7,27(4,5)6)29(23-17-11-8-12-18-23,24-19-13-9-14-20-24)25-21-15-10-16-22-25/h8-22H,1-7H3. The van der Waals surface area contributed by atoms with Crippen LogP contribution in [0, 0.1) is 0 Å². The monoisotopic (exact) mass is 416 g/mol. The van der Waals surface area contributed by atoms with Gasteiger partial charge in [-0.25, -0.2) is 0 Å². The van der Waals surface area contributed by atoms with Crippen LogP contribution in [0.15, 0.2) is 91.0 Å². The van der Waals surface area contributed by atoms with Crippen LogP contribution < -0.4 is 15.6 Å². The zero-order valence-corrected chi connectivity index (χ0v) is 21.2. The Balaban J connectivity index is 2.60. The lowest BCUT2D eigenvalue weighted by Gasteiger charge is -2.60. The first-order chi connectivity index (χ1) is 13.6. The van der Waals surface area contributed by atoms with E-state index in [2.05, 4.69) is 139 Å². The first-order valence-electron chi connectivity index (χ1n) is 10.7. The van der Waals surface area contributed by atoms with Gasteiger partial charge in [0.15, 0.2) is 0 Å². The SMILES string of the molecule is CC(C)(C)[Si](C)(C(C)(C)C)[Si](c1ccccc1)(c1ccccc1)c1ccccc1. The van der Waals surface area contributed by atoms with E-state index in [0.717, 1.165) is 0 Å². The molecule has 0 fully saturated rings. The van der Waals surface area contributed by atoms with Crippen LogP contribution in [0.1, 0.15) is 41.5 Å². The van der Waals surface area contributed by atoms with Gasteiger partial charge < -0.3 is 0 Å². The molecule has 0 spiro atoms. The first-order valence-corrected chi connectivity index (χ1v) is 16.2. The molecule has 0 aliphatic carbocycles. The fraction of sp³-hybridized carbons (Fsp3) is 0.333. The van der Waals surface area contributed by atoms with E-state index < -0.39 is 15.2 Å². The fourth-order valence-corrected chi connectivity index (χ4v) is 28.4. The third kappa shape index (κ3) is 3.36. The molecule has 0 unspecified atom stereocenters. The van der Waals surface area contributed by atoms with E-state index in [4.69, 9.17) is 0 Å². The molecule has 0 aliphatic rings. The molecule has 0 aliphatic heterocycles. The third-order valence-corrected chi connectivity index (χ3v) is 30.1. The van der Waals surface area contributed by atoms with E-state index in [1.54, 1.807) is 15.6 Å². The second-order valence-corrected chi connectivity index (χ2v) is 24.2. The number of benzene rings is 3. The van der Waals surface area contributed by atoms with Crippen LogP contribution in [-0.2, 0) is 0 Å². The molecule has 0 aromatic heterocycles. The van der Waals surface area contributed by atoms with Gasteiger partial charge in [-0.3, -0.25) is 0 Å². The second kappa shape index (κ2) is 7.73. The summed E-state index contributed by atoms with van der Waals surface area (Å²) in [4.78, 5) is 0. The Kier molecular flexibility index (Phi) is 5.81. The number of hydrogen-bond donors (Lipinski definition) is 0. The van der Waals surface area contributed by atoms with E-state index in [1.807, 2.05) is 0 Å². The van der Waals surface area contributed by atoms with Crippen molar-refractivity contribution in [2.24, 2.45) is 0 Å². The Morgan fingerprint density at radius 3 is 0.897 bits per heavy atom. The first kappa shape index (κ1) is 21.8. The van der Waals surface area contributed by atoms with Gasteiger partial charge >= 0.3 is 0 Å². The van der Waals surface area contributed by atoms with Gasteiger partial charge in [0.1, 0.15) is 7.59 Å². The maximum Gasteiger partial charge on any atom is 0.140 e. The Morgan fingerprint density at radius 1 is 0.448 bits per heavy atom. The summed E-state index contributed by atoms with van der Waals surface area (Å²) in [5, 5.41) is 5.13. The lowest BCUT2D eigenvalue weighted by Crippen LogP contribution is -2.86. The molecule has 0 heterocycles. The van der Waals surface area contributed by atoms with Gasteiger partial charge in [0.05, 0.1) is 7.59 Å². The highest BCUT2D eigenvalue weighted by molar-refractivity contribution is 7.57. The molecule has 29 heavy (non-hydrogen) atoms. The number of hydrogen-bond acceptors (Lipinski definition) is 0. The molecule has 0 atom stereocenters. The van der Waals surface area contributed by atoms with Gasteiger partial charge in [0.2, 0.25) is 0 Å². The van der Waals surface area contributed by atoms with Crippen LogP contribution in [0.4, 0.5) is 0 Å². The highest BCUT2D eigenvalue weighted by Gasteiger charge is 2.65. The zero-order chi connectivity index (χ0) is 21.3. The molecule has 0 radical (unpaired) electrons. The summed E-state index contributed by atoms with van der Waals surface area (Å²) >= 11 is 0. The van der Waals surface area contributed by atoms with Gasteiger partial charge in [-0.2, -0.15) is 0 Å². The Bertz CT molecular complexity index is 806. The van der Waals surface area contributed by atoms with Gasteiger partial charge in [-0.1, -0.05) is 155 Å². The summed E-state index contributed by atoms with van der Waals surface area (Å²) in [5.74, 6) is 0. The molecule has 0 saturated carbocycles. The molecule has 0 nitrogen and oxygen atoms in total. The van der Waals surface area contributed by atoms with E-state index in [1.165, 1.54) is 0 Å². The van der Waals surface area contributed by atoms with Crippen molar-refractivity contribution in [1.82, 2.24) is 0 Å². The van der Waals surface area contributed by atoms with Crippen LogP contribution in [0.3, 0.4) is 0 Å². The van der Waals surface area contributed by atoms with E-state index in [9.17, 15) is 0 Å². The average Bonchev–Trinajstić information content (AvgIpc) is 2.69. The maximum absolute atomic E-state index is 2.70. The van der Waals surface area contributed by atoms with Crippen molar-refractivity contribution in [3.05, 3.63) is 91.0 Å². The third-order valence-electron chi connectivity index (χ3n) is 7.37. The Morgan fingerprint density at radius 2 is 0.690 bits per heavy atom. The lowest BCUT2D eigenvalue weighted by molar-refractivity contribution is 0.635. The second-order valence-electron chi connectivity index (χ2n) is 10.5. The minimum Gasteiger partial charge on any atom is -0.0694 e. The van der Waals surface area contributed by atoms with Crippen molar-refractivity contribution in [1.29, 1.82) is 0 Å². The van der Waals surface area contributed by atoms with Crippen molar-refractivity contribution >= 4 is 30.7 Å². The summed E-state index contributed by atoms with van der Waals surface area (Å²) in [6, 6.07) is 34.4. The summed E-state index contributed by atoms with van der Waals surface area (Å²) < 4.78 is 0. The summed E-state index contributed by atoms with van der Waals surface area (Å²) in [7, 11) is -4.33. The maximum atomic E-state index is 2.70. The molecule has 0 bridgehead atoms. The van der Waals surface area contributed by atoms with E-state index in [-0.39, 0.29) is 10.1 Å². The predicted octanol–water partition coefficient (Wildman–Crippen LogP) is 5.91. The van der Waals surface area contributed by atoms with Crippen LogP contribution in [0.25, 0.3) is 0 Å². The van der Waals surface area contributed by atoms with Gasteiger partial charge in [0, 0.05) is 0 Å². The van der Waals surface area contributed by atoms with Crippen molar-refractivity contribution in [2.45, 2.75) is 58.2 Å². The predicted molar refractivity (Wildman–Crippen MR) is 135 cm³/mol. The average molecular weight is 417 g/mol. The van der Waals surface area contributed by atoms with E-state index >= 15 is 0 Å². The van der Waals surface area contributed by atoms with E-state index in [0.29, 0.717) is 0 Å². The van der Waals surface area contributed by atoms with Gasteiger partial charge in [0.25, 0.3) is 0 Å². The van der Waals surface area contributed by atoms with Crippen molar-refractivity contribution in [3.8, 4) is 0 Å². The largest absolute Gasteiger partial charge is 0.140 e. The van der Waals surface area contributed by atoms with Crippen LogP contribution in [0.2, 0.25) is 16.6 Å². The molecular formula is C27H36Si2. The van der Waals surface area contributed by atoms with Crippen LogP contribution in [0.5, 0.6) is 0 Å². The minimum atomic E-state index is -2.31. The lowest BCUT2D eigenvalue weighted by atomic mass is 10.2. The molecule has 0 amide bonds. The summed E-state index contributed by atoms with van der Waals surface area (Å²) in [6.45, 7) is 17.7. The highest BCUT2D eigenvalue weighted by atomic mass is 29.3. The van der Waals surface area contributed by atoms with Crippen molar-refractivity contribution in [2.75, 3.05) is 0 Å². The number of rotatable bonds is 4. The highest BCUT2D eigenvalue weighted by Crippen LogP contribution is 2.54. The normalized spacial score (nSPS) is 13.3. The molecular weight excluding hydrogens is 380 g/mol. The van der Waals surface area contributed by atoms with Crippen LogP contribution >= 0.6 is 0 Å². The van der Waals surface area contributed by atoms with Crippen molar-refractivity contribution < 1.29 is 0 Å². The molecule has 3 aromatic rings. The molecule has 0 saturated heterocycles. The Labute approximate surface area is 179 Å². The quantitative estimate of drug-likeness (QED) is 0.366. The minimum absolute atomic E-state index is 0.235. The zero-order valence-electron chi connectivity index (χ0n) is 19.2. The van der Waals surface area contributed by atoms with Gasteiger partial charge in [-0.05, 0) is 10.1 Å². The molecule has 0 N–H and O–H groups in total.